The Labute approximate surface area is 316 Å². The van der Waals surface area contributed by atoms with Crippen molar-refractivity contribution >= 4 is 23.6 Å². The van der Waals surface area contributed by atoms with Crippen LogP contribution in [-0.2, 0) is 27.3 Å². The average Bonchev–Trinajstić information content (AvgIpc) is 3.56. The van der Waals surface area contributed by atoms with Gasteiger partial charge in [0.2, 0.25) is 5.91 Å². The maximum Gasteiger partial charge on any atom is 0.339 e. The van der Waals surface area contributed by atoms with Gasteiger partial charge in [-0.15, -0.1) is 0 Å². The van der Waals surface area contributed by atoms with E-state index in [-0.39, 0.29) is 40.0 Å². The molecule has 286 valence electrons. The summed E-state index contributed by atoms with van der Waals surface area (Å²) in [6.07, 6.45) is 14.1. The summed E-state index contributed by atoms with van der Waals surface area (Å²) in [6, 6.07) is 10.9. The van der Waals surface area contributed by atoms with E-state index in [4.69, 9.17) is 4.74 Å². The van der Waals surface area contributed by atoms with Gasteiger partial charge in [0.15, 0.2) is 0 Å². The largest absolute Gasteiger partial charge is 0.465 e. The predicted octanol–water partition coefficient (Wildman–Crippen LogP) is 8.13. The lowest BCUT2D eigenvalue weighted by molar-refractivity contribution is -0.199. The molecule has 5 aliphatic carbocycles. The molecule has 5 aliphatic rings. The fourth-order valence-electron chi connectivity index (χ4n) is 13.5. The van der Waals surface area contributed by atoms with E-state index >= 15 is 0 Å². The van der Waals surface area contributed by atoms with E-state index in [1.54, 1.807) is 18.2 Å². The van der Waals surface area contributed by atoms with Crippen molar-refractivity contribution in [1.29, 1.82) is 0 Å². The Morgan fingerprint density at radius 2 is 1.66 bits per heavy atom. The highest BCUT2D eigenvalue weighted by Crippen LogP contribution is 2.73. The fraction of sp³-hybridized carbons (Fsp3) is 0.667. The van der Waals surface area contributed by atoms with Gasteiger partial charge in [-0.1, -0.05) is 53.2 Å². The van der Waals surface area contributed by atoms with Crippen LogP contribution in [0, 0.1) is 57.2 Å². The number of rotatable bonds is 9. The minimum Gasteiger partial charge on any atom is -0.465 e. The predicted molar refractivity (Wildman–Crippen MR) is 205 cm³/mol. The summed E-state index contributed by atoms with van der Waals surface area (Å²) in [7, 11) is 1.33. The molecule has 0 spiro atoms. The van der Waals surface area contributed by atoms with Crippen molar-refractivity contribution in [3.05, 3.63) is 65.0 Å². The normalized spacial score (nSPS) is 35.5. The molecule has 9 unspecified atom stereocenters. The van der Waals surface area contributed by atoms with Gasteiger partial charge in [-0.2, -0.15) is 0 Å². The first-order chi connectivity index (χ1) is 25.3. The Bertz CT molecular complexity index is 1740. The van der Waals surface area contributed by atoms with Crippen molar-refractivity contribution in [2.75, 3.05) is 13.7 Å². The first-order valence-electron chi connectivity index (χ1n) is 20.5. The van der Waals surface area contributed by atoms with Crippen LogP contribution in [0.2, 0.25) is 0 Å². The number of esters is 1. The molecule has 2 amide bonds. The number of nitrogens with one attached hydrogen (secondary N) is 2. The molecule has 1 aromatic carbocycles. The molecule has 7 rings (SSSR count). The van der Waals surface area contributed by atoms with E-state index in [9.17, 15) is 19.2 Å². The number of carbonyl (C=O) groups is 4. The fourth-order valence-corrected chi connectivity index (χ4v) is 13.5. The second-order valence-electron chi connectivity index (χ2n) is 18.5. The lowest BCUT2D eigenvalue weighted by atomic mass is 9.36. The van der Waals surface area contributed by atoms with Gasteiger partial charge >= 0.3 is 5.97 Å². The number of amides is 2. The SMILES string of the molecule is CCC1CCC2(C(=O)NCCc3cccc(C(=O)NCc4ccc(C(=O)OC)cn4)c3)CCC3C(CCC4C3(C)CCC3C(C)(C)C(=O)CCC34C)C12. The molecular formula is C45H61N3O5. The summed E-state index contributed by atoms with van der Waals surface area (Å²) >= 11 is 0. The van der Waals surface area contributed by atoms with Crippen LogP contribution in [-0.4, -0.2) is 42.2 Å². The number of Topliss-reactive ketones (excluding diaryl/α,β-unsaturated/α-hetero) is 1. The molecule has 5 saturated carbocycles. The van der Waals surface area contributed by atoms with E-state index in [2.05, 4.69) is 50.2 Å². The number of carbonyl (C=O) groups excluding carboxylic acids is 4. The zero-order chi connectivity index (χ0) is 37.8. The molecule has 0 saturated heterocycles. The smallest absolute Gasteiger partial charge is 0.339 e. The summed E-state index contributed by atoms with van der Waals surface area (Å²) in [5.74, 6) is 3.49. The van der Waals surface area contributed by atoms with Gasteiger partial charge in [0.05, 0.1) is 30.3 Å². The van der Waals surface area contributed by atoms with E-state index in [1.165, 1.54) is 32.6 Å². The maximum atomic E-state index is 14.5. The third-order valence-electron chi connectivity index (χ3n) is 16.0. The van der Waals surface area contributed by atoms with E-state index in [0.717, 1.165) is 56.9 Å². The zero-order valence-corrected chi connectivity index (χ0v) is 32.9. The summed E-state index contributed by atoms with van der Waals surface area (Å²) in [5, 5.41) is 6.34. The van der Waals surface area contributed by atoms with E-state index in [0.29, 0.717) is 71.1 Å². The molecule has 53 heavy (non-hydrogen) atoms. The average molecular weight is 724 g/mol. The Balaban J connectivity index is 0.993. The first-order valence-corrected chi connectivity index (χ1v) is 20.5. The van der Waals surface area contributed by atoms with Crippen LogP contribution in [0.5, 0.6) is 0 Å². The van der Waals surface area contributed by atoms with Gasteiger partial charge < -0.3 is 15.4 Å². The van der Waals surface area contributed by atoms with Crippen molar-refractivity contribution in [2.45, 2.75) is 118 Å². The summed E-state index contributed by atoms with van der Waals surface area (Å²) in [5.41, 5.74) is 2.57. The van der Waals surface area contributed by atoms with Gasteiger partial charge in [-0.3, -0.25) is 19.4 Å². The van der Waals surface area contributed by atoms with Crippen molar-refractivity contribution in [3.8, 4) is 0 Å². The van der Waals surface area contributed by atoms with Gasteiger partial charge in [-0.25, -0.2) is 4.79 Å². The van der Waals surface area contributed by atoms with Crippen molar-refractivity contribution in [2.24, 2.45) is 57.2 Å². The second kappa shape index (κ2) is 14.3. The molecule has 0 bridgehead atoms. The molecule has 0 radical (unpaired) electrons. The van der Waals surface area contributed by atoms with Crippen LogP contribution in [0.3, 0.4) is 0 Å². The Kier molecular flexibility index (Phi) is 10.2. The standard InChI is InChI=1S/C45H61N3O5/c1-7-29-15-22-45(23-16-34-33(38(29)45)13-14-36-43(34,4)20-17-35-42(2,3)37(49)18-21-44(35,36)5)41(52)46-24-19-28-9-8-10-30(25-28)39(50)48-27-32-12-11-31(26-47-32)40(51)53-6/h8-12,25-26,29,33-36,38H,7,13-24,27H2,1-6H3,(H,46,52)(H,48,50). The Hall–Kier alpha value is -3.55. The number of benzene rings is 1. The molecule has 1 heterocycles. The minimum atomic E-state index is -0.450. The van der Waals surface area contributed by atoms with Crippen LogP contribution in [0.4, 0.5) is 0 Å². The number of hydrogen-bond donors (Lipinski definition) is 2. The van der Waals surface area contributed by atoms with E-state index < -0.39 is 5.97 Å². The van der Waals surface area contributed by atoms with Gasteiger partial charge in [-0.05, 0) is 140 Å². The molecule has 8 heteroatoms. The molecule has 2 N–H and O–H groups in total. The van der Waals surface area contributed by atoms with Crippen molar-refractivity contribution < 1.29 is 23.9 Å². The van der Waals surface area contributed by atoms with E-state index in [1.807, 2.05) is 18.2 Å². The molecule has 2 aromatic rings. The second-order valence-corrected chi connectivity index (χ2v) is 18.5. The van der Waals surface area contributed by atoms with Crippen LogP contribution in [0.1, 0.15) is 137 Å². The Morgan fingerprint density at radius 1 is 0.868 bits per heavy atom. The number of aromatic nitrogens is 1. The molecule has 0 aliphatic heterocycles. The monoisotopic (exact) mass is 723 g/mol. The number of ether oxygens (including phenoxy) is 1. The summed E-state index contributed by atoms with van der Waals surface area (Å²) in [4.78, 5) is 56.5. The van der Waals surface area contributed by atoms with Crippen LogP contribution in [0.15, 0.2) is 42.6 Å². The van der Waals surface area contributed by atoms with Crippen LogP contribution >= 0.6 is 0 Å². The van der Waals surface area contributed by atoms with Gasteiger partial charge in [0.25, 0.3) is 5.91 Å². The lowest BCUT2D eigenvalue weighted by Crippen LogP contribution is -2.63. The lowest BCUT2D eigenvalue weighted by Gasteiger charge is -2.68. The number of pyridine rings is 1. The number of methoxy groups -OCH3 is 1. The molecule has 8 nitrogen and oxygen atoms in total. The van der Waals surface area contributed by atoms with Crippen LogP contribution in [0.25, 0.3) is 0 Å². The summed E-state index contributed by atoms with van der Waals surface area (Å²) < 4.78 is 4.72. The highest BCUT2D eigenvalue weighted by atomic mass is 16.5. The van der Waals surface area contributed by atoms with Crippen LogP contribution < -0.4 is 10.6 Å². The number of fused-ring (bicyclic) bond motifs is 7. The van der Waals surface area contributed by atoms with Crippen molar-refractivity contribution in [3.63, 3.8) is 0 Å². The number of nitrogens with zero attached hydrogens (tertiary/aromatic N) is 1. The minimum absolute atomic E-state index is 0.198. The highest BCUT2D eigenvalue weighted by molar-refractivity contribution is 5.94. The molecular weight excluding hydrogens is 663 g/mol. The topological polar surface area (TPSA) is 114 Å². The number of hydrogen-bond acceptors (Lipinski definition) is 6. The zero-order valence-electron chi connectivity index (χ0n) is 32.9. The Morgan fingerprint density at radius 3 is 2.40 bits per heavy atom. The highest BCUT2D eigenvalue weighted by Gasteiger charge is 2.68. The quantitative estimate of drug-likeness (QED) is 0.253. The first kappa shape index (κ1) is 37.8. The summed E-state index contributed by atoms with van der Waals surface area (Å²) in [6.45, 7) is 12.8. The number of ketones is 1. The maximum absolute atomic E-state index is 14.5. The third kappa shape index (κ3) is 6.34. The molecule has 1 aromatic heterocycles. The third-order valence-corrected chi connectivity index (χ3v) is 16.0. The molecule has 9 atom stereocenters. The van der Waals surface area contributed by atoms with Gasteiger partial charge in [0.1, 0.15) is 5.78 Å². The van der Waals surface area contributed by atoms with Crippen molar-refractivity contribution in [1.82, 2.24) is 15.6 Å². The molecule has 5 fully saturated rings. The van der Waals surface area contributed by atoms with Gasteiger partial charge in [0, 0.05) is 30.1 Å².